The fourth-order valence-corrected chi connectivity index (χ4v) is 2.48. The van der Waals surface area contributed by atoms with E-state index in [1.165, 1.54) is 7.11 Å². The second kappa shape index (κ2) is 5.67. The Morgan fingerprint density at radius 2 is 1.95 bits per heavy atom. The molecule has 4 heteroatoms. The first-order valence-electron chi connectivity index (χ1n) is 6.51. The molecule has 0 bridgehead atoms. The number of hydrogen-bond donors (Lipinski definition) is 1. The lowest BCUT2D eigenvalue weighted by atomic mass is 9.98. The van der Waals surface area contributed by atoms with E-state index in [2.05, 4.69) is 0 Å². The monoisotopic (exact) mass is 278 g/mol. The van der Waals surface area contributed by atoms with Crippen molar-refractivity contribution in [2.45, 2.75) is 33.3 Å². The van der Waals surface area contributed by atoms with Gasteiger partial charge in [0.25, 0.3) is 0 Å². The fraction of sp³-hybridized carbons (Fsp3) is 0.375. The van der Waals surface area contributed by atoms with Gasteiger partial charge in [-0.2, -0.15) is 0 Å². The zero-order valence-electron chi connectivity index (χ0n) is 12.2. The zero-order chi connectivity index (χ0) is 14.9. The van der Waals surface area contributed by atoms with E-state index >= 15 is 0 Å². The molecule has 2 rings (SSSR count). The van der Waals surface area contributed by atoms with E-state index in [-0.39, 0.29) is 12.2 Å². The van der Waals surface area contributed by atoms with Crippen molar-refractivity contribution in [2.75, 3.05) is 7.11 Å². The molecule has 0 fully saturated rings. The lowest BCUT2D eigenvalue weighted by molar-refractivity contribution is 0.174. The fourth-order valence-electron chi connectivity index (χ4n) is 2.48. The lowest BCUT2D eigenvalue weighted by Crippen LogP contribution is -2.06. The Hall–Kier alpha value is -1.81. The number of furan rings is 1. The summed E-state index contributed by atoms with van der Waals surface area (Å²) in [7, 11) is 1.42. The van der Waals surface area contributed by atoms with Gasteiger partial charge in [0, 0.05) is 12.0 Å². The summed E-state index contributed by atoms with van der Waals surface area (Å²) in [6.45, 7) is 5.55. The normalized spacial score (nSPS) is 12.5. The van der Waals surface area contributed by atoms with Gasteiger partial charge in [-0.25, -0.2) is 4.39 Å². The minimum Gasteiger partial charge on any atom is -0.494 e. The molecule has 0 amide bonds. The molecule has 1 heterocycles. The van der Waals surface area contributed by atoms with Gasteiger partial charge in [-0.15, -0.1) is 0 Å². The highest BCUT2D eigenvalue weighted by atomic mass is 19.1. The molecule has 0 saturated heterocycles. The van der Waals surface area contributed by atoms with Crippen LogP contribution in [0.1, 0.15) is 34.3 Å². The van der Waals surface area contributed by atoms with Crippen LogP contribution in [0.25, 0.3) is 0 Å². The highest BCUT2D eigenvalue weighted by molar-refractivity contribution is 5.36. The van der Waals surface area contributed by atoms with Crippen molar-refractivity contribution >= 4 is 0 Å². The van der Waals surface area contributed by atoms with Crippen molar-refractivity contribution in [1.82, 2.24) is 0 Å². The van der Waals surface area contributed by atoms with Crippen LogP contribution in [0.15, 0.2) is 22.6 Å². The van der Waals surface area contributed by atoms with Crippen LogP contribution in [0.4, 0.5) is 4.39 Å². The molecule has 0 spiro atoms. The van der Waals surface area contributed by atoms with Gasteiger partial charge in [0.2, 0.25) is 0 Å². The minimum atomic E-state index is -0.797. The van der Waals surface area contributed by atoms with Gasteiger partial charge in [0.1, 0.15) is 11.5 Å². The molecule has 0 aliphatic rings. The van der Waals surface area contributed by atoms with E-state index < -0.39 is 11.9 Å². The Bertz CT molecular complexity index is 616. The second-order valence-electron chi connectivity index (χ2n) is 4.91. The SMILES string of the molecule is COc1cccc(CC(O)c2c(C)oc(C)c2C)c1F. The van der Waals surface area contributed by atoms with Crippen LogP contribution in [0, 0.1) is 26.6 Å². The number of rotatable bonds is 4. The molecule has 3 nitrogen and oxygen atoms in total. The Kier molecular flexibility index (Phi) is 4.14. The Morgan fingerprint density at radius 3 is 2.50 bits per heavy atom. The second-order valence-corrected chi connectivity index (χ2v) is 4.91. The van der Waals surface area contributed by atoms with Gasteiger partial charge in [0.05, 0.1) is 13.2 Å². The maximum Gasteiger partial charge on any atom is 0.168 e. The first-order valence-corrected chi connectivity index (χ1v) is 6.51. The highest BCUT2D eigenvalue weighted by Gasteiger charge is 2.21. The van der Waals surface area contributed by atoms with Gasteiger partial charge in [0.15, 0.2) is 11.6 Å². The summed E-state index contributed by atoms with van der Waals surface area (Å²) in [5, 5.41) is 10.4. The number of hydrogen-bond acceptors (Lipinski definition) is 3. The summed E-state index contributed by atoms with van der Waals surface area (Å²) in [5.41, 5.74) is 2.08. The third kappa shape index (κ3) is 2.56. The predicted molar refractivity (Wildman–Crippen MR) is 74.5 cm³/mol. The van der Waals surface area contributed by atoms with Crippen LogP contribution in [0.2, 0.25) is 0 Å². The van der Waals surface area contributed by atoms with Gasteiger partial charge < -0.3 is 14.3 Å². The molecule has 1 aromatic carbocycles. The maximum atomic E-state index is 14.1. The standard InChI is InChI=1S/C16H19FO3/c1-9-10(2)20-11(3)15(9)13(18)8-12-6-5-7-14(19-4)16(12)17/h5-7,13,18H,8H2,1-4H3. The van der Waals surface area contributed by atoms with E-state index in [0.717, 1.165) is 16.9 Å². The third-order valence-corrected chi connectivity index (χ3v) is 3.63. The molecule has 2 aromatic rings. The molecule has 0 aliphatic carbocycles. The van der Waals surface area contributed by atoms with Crippen LogP contribution in [-0.4, -0.2) is 12.2 Å². The van der Waals surface area contributed by atoms with Gasteiger partial charge in [-0.05, 0) is 38.0 Å². The number of ether oxygens (including phenoxy) is 1. The maximum absolute atomic E-state index is 14.1. The van der Waals surface area contributed by atoms with Crippen molar-refractivity contribution in [1.29, 1.82) is 0 Å². The smallest absolute Gasteiger partial charge is 0.168 e. The lowest BCUT2D eigenvalue weighted by Gasteiger charge is -2.13. The number of aryl methyl sites for hydroxylation is 2. The van der Waals surface area contributed by atoms with Crippen molar-refractivity contribution in [3.05, 3.63) is 52.2 Å². The molecule has 0 radical (unpaired) electrons. The molecular formula is C16H19FO3. The van der Waals surface area contributed by atoms with E-state index in [1.54, 1.807) is 25.1 Å². The van der Waals surface area contributed by atoms with E-state index in [1.807, 2.05) is 13.8 Å². The molecule has 0 aliphatic heterocycles. The molecule has 1 aromatic heterocycles. The molecule has 1 atom stereocenters. The van der Waals surface area contributed by atoms with Gasteiger partial charge in [-0.1, -0.05) is 12.1 Å². The molecular weight excluding hydrogens is 259 g/mol. The van der Waals surface area contributed by atoms with E-state index in [4.69, 9.17) is 9.15 Å². The molecule has 108 valence electrons. The summed E-state index contributed by atoms with van der Waals surface area (Å²) in [5.74, 6) is 1.22. The Morgan fingerprint density at radius 1 is 1.25 bits per heavy atom. The number of benzene rings is 1. The van der Waals surface area contributed by atoms with E-state index in [0.29, 0.717) is 11.3 Å². The van der Waals surface area contributed by atoms with Crippen LogP contribution in [0.5, 0.6) is 5.75 Å². The highest BCUT2D eigenvalue weighted by Crippen LogP contribution is 2.31. The van der Waals surface area contributed by atoms with E-state index in [9.17, 15) is 9.50 Å². The van der Waals surface area contributed by atoms with Crippen molar-refractivity contribution in [2.24, 2.45) is 0 Å². The average molecular weight is 278 g/mol. The largest absolute Gasteiger partial charge is 0.494 e. The first kappa shape index (κ1) is 14.6. The van der Waals surface area contributed by atoms with Crippen molar-refractivity contribution < 1.29 is 18.7 Å². The van der Waals surface area contributed by atoms with Crippen LogP contribution in [-0.2, 0) is 6.42 Å². The molecule has 0 saturated carbocycles. The van der Waals surface area contributed by atoms with Gasteiger partial charge >= 0.3 is 0 Å². The topological polar surface area (TPSA) is 42.6 Å². The third-order valence-electron chi connectivity index (χ3n) is 3.63. The summed E-state index contributed by atoms with van der Waals surface area (Å²) in [6, 6.07) is 4.92. The summed E-state index contributed by atoms with van der Waals surface area (Å²) < 4.78 is 24.5. The number of aliphatic hydroxyl groups is 1. The van der Waals surface area contributed by atoms with Gasteiger partial charge in [-0.3, -0.25) is 0 Å². The summed E-state index contributed by atoms with van der Waals surface area (Å²) in [4.78, 5) is 0. The first-order chi connectivity index (χ1) is 9.45. The van der Waals surface area contributed by atoms with Crippen molar-refractivity contribution in [3.63, 3.8) is 0 Å². The molecule has 1 N–H and O–H groups in total. The average Bonchev–Trinajstić information content (AvgIpc) is 2.65. The number of methoxy groups -OCH3 is 1. The quantitative estimate of drug-likeness (QED) is 0.928. The minimum absolute atomic E-state index is 0.184. The van der Waals surface area contributed by atoms with Crippen LogP contribution >= 0.6 is 0 Å². The molecule has 20 heavy (non-hydrogen) atoms. The zero-order valence-corrected chi connectivity index (χ0v) is 12.2. The summed E-state index contributed by atoms with van der Waals surface area (Å²) >= 11 is 0. The number of aliphatic hydroxyl groups excluding tert-OH is 1. The Labute approximate surface area is 118 Å². The number of halogens is 1. The van der Waals surface area contributed by atoms with Crippen LogP contribution < -0.4 is 4.74 Å². The summed E-state index contributed by atoms with van der Waals surface area (Å²) in [6.07, 6.45) is -0.613. The predicted octanol–water partition coefficient (Wildman–Crippen LogP) is 3.63. The van der Waals surface area contributed by atoms with Crippen LogP contribution in [0.3, 0.4) is 0 Å². The van der Waals surface area contributed by atoms with Crippen molar-refractivity contribution in [3.8, 4) is 5.75 Å². The Balaban J connectivity index is 2.30. The molecule has 1 unspecified atom stereocenters.